The number of amides is 2. The second-order valence-electron chi connectivity index (χ2n) is 7.71. The van der Waals surface area contributed by atoms with Gasteiger partial charge in [0.05, 0.1) is 6.10 Å². The van der Waals surface area contributed by atoms with E-state index in [4.69, 9.17) is 9.47 Å². The van der Waals surface area contributed by atoms with E-state index in [2.05, 4.69) is 5.32 Å². The van der Waals surface area contributed by atoms with Gasteiger partial charge in [-0.25, -0.2) is 4.79 Å². The highest BCUT2D eigenvalue weighted by molar-refractivity contribution is 5.85. The van der Waals surface area contributed by atoms with Crippen LogP contribution in [-0.4, -0.2) is 47.8 Å². The number of carbonyl (C=O) groups is 2. The summed E-state index contributed by atoms with van der Waals surface area (Å²) >= 11 is 0. The molecule has 1 unspecified atom stereocenters. The van der Waals surface area contributed by atoms with Gasteiger partial charge in [-0.3, -0.25) is 4.79 Å². The third kappa shape index (κ3) is 6.67. The maximum atomic E-state index is 12.9. The predicted molar refractivity (Wildman–Crippen MR) is 99.7 cm³/mol. The van der Waals surface area contributed by atoms with Crippen molar-refractivity contribution in [3.05, 3.63) is 35.9 Å². The second-order valence-corrected chi connectivity index (χ2v) is 7.71. The number of nitrogens with zero attached hydrogens (tertiary/aromatic N) is 1. The van der Waals surface area contributed by atoms with Gasteiger partial charge in [0.1, 0.15) is 11.6 Å². The highest BCUT2D eigenvalue weighted by atomic mass is 16.6. The van der Waals surface area contributed by atoms with Crippen LogP contribution >= 0.6 is 0 Å². The maximum absolute atomic E-state index is 12.9. The summed E-state index contributed by atoms with van der Waals surface area (Å²) in [7, 11) is 0. The molecule has 1 aromatic carbocycles. The van der Waals surface area contributed by atoms with E-state index in [-0.39, 0.29) is 12.0 Å². The van der Waals surface area contributed by atoms with Crippen LogP contribution in [-0.2, 0) is 20.8 Å². The fourth-order valence-electron chi connectivity index (χ4n) is 2.89. The van der Waals surface area contributed by atoms with Crippen molar-refractivity contribution in [2.75, 3.05) is 13.2 Å². The Hall–Kier alpha value is -2.08. The molecule has 6 nitrogen and oxygen atoms in total. The van der Waals surface area contributed by atoms with E-state index in [9.17, 15) is 9.59 Å². The first-order chi connectivity index (χ1) is 12.2. The number of alkyl carbamates (subject to hydrolysis) is 1. The van der Waals surface area contributed by atoms with Gasteiger partial charge in [-0.2, -0.15) is 0 Å². The molecule has 6 heteroatoms. The van der Waals surface area contributed by atoms with E-state index in [1.54, 1.807) is 32.6 Å². The number of rotatable bonds is 6. The minimum atomic E-state index is -0.671. The van der Waals surface area contributed by atoms with Crippen molar-refractivity contribution in [1.82, 2.24) is 10.2 Å². The molecule has 0 saturated carbocycles. The summed E-state index contributed by atoms with van der Waals surface area (Å²) in [5.41, 5.74) is 0.442. The lowest BCUT2D eigenvalue weighted by Gasteiger charge is -2.29. The number of hydrogen-bond acceptors (Lipinski definition) is 4. The molecule has 0 aromatic heterocycles. The van der Waals surface area contributed by atoms with Crippen LogP contribution in [0.15, 0.2) is 30.3 Å². The van der Waals surface area contributed by atoms with Crippen LogP contribution in [0.1, 0.15) is 46.1 Å². The van der Waals surface area contributed by atoms with Crippen LogP contribution in [0.4, 0.5) is 4.79 Å². The van der Waals surface area contributed by atoms with Crippen molar-refractivity contribution < 1.29 is 19.1 Å². The molecule has 0 spiro atoms. The molecule has 1 aliphatic rings. The Bertz CT molecular complexity index is 592. The lowest BCUT2D eigenvalue weighted by molar-refractivity contribution is -0.135. The fourth-order valence-corrected chi connectivity index (χ4v) is 2.89. The standard InChI is InChI=1S/C20H30N2O4/c1-15(21-19(24)26-20(2,3)4)18(23)22(14-17-11-8-12-25-17)13-16-9-6-5-7-10-16/h5-7,9-10,15,17H,8,11-14H2,1-4H3,(H,21,24)/t15-,17?/m1/s1. The Morgan fingerprint density at radius 2 is 2.00 bits per heavy atom. The zero-order valence-corrected chi connectivity index (χ0v) is 16.2. The van der Waals surface area contributed by atoms with E-state index >= 15 is 0 Å². The molecule has 1 fully saturated rings. The quantitative estimate of drug-likeness (QED) is 0.844. The molecule has 1 N–H and O–H groups in total. The van der Waals surface area contributed by atoms with E-state index in [0.29, 0.717) is 13.1 Å². The normalized spacial score (nSPS) is 18.2. The van der Waals surface area contributed by atoms with E-state index < -0.39 is 17.7 Å². The SMILES string of the molecule is C[C@@H](NC(=O)OC(C)(C)C)C(=O)N(Cc1ccccc1)CC1CCCO1. The van der Waals surface area contributed by atoms with Gasteiger partial charge >= 0.3 is 6.09 Å². The molecule has 0 bridgehead atoms. The summed E-state index contributed by atoms with van der Waals surface area (Å²) in [6.45, 7) is 8.80. The molecule has 26 heavy (non-hydrogen) atoms. The van der Waals surface area contributed by atoms with Gasteiger partial charge in [0.15, 0.2) is 0 Å². The Labute approximate surface area is 155 Å². The first kappa shape index (κ1) is 20.2. The minimum absolute atomic E-state index is 0.0522. The maximum Gasteiger partial charge on any atom is 0.408 e. The summed E-state index contributed by atoms with van der Waals surface area (Å²) in [4.78, 5) is 26.7. The molecule has 0 aliphatic carbocycles. The summed E-state index contributed by atoms with van der Waals surface area (Å²) in [6.07, 6.45) is 1.43. The van der Waals surface area contributed by atoms with Crippen LogP contribution in [0.5, 0.6) is 0 Å². The zero-order chi connectivity index (χ0) is 19.2. The average molecular weight is 362 g/mol. The third-order valence-electron chi connectivity index (χ3n) is 4.08. The molecule has 144 valence electrons. The fraction of sp³-hybridized carbons (Fsp3) is 0.600. The Morgan fingerprint density at radius 1 is 1.31 bits per heavy atom. The molecular formula is C20H30N2O4. The van der Waals surface area contributed by atoms with E-state index in [1.807, 2.05) is 30.3 Å². The van der Waals surface area contributed by atoms with Gasteiger partial charge in [-0.05, 0) is 46.1 Å². The van der Waals surface area contributed by atoms with E-state index in [1.165, 1.54) is 0 Å². The summed E-state index contributed by atoms with van der Waals surface area (Å²) < 4.78 is 10.9. The zero-order valence-electron chi connectivity index (χ0n) is 16.2. The number of benzene rings is 1. The topological polar surface area (TPSA) is 67.9 Å². The van der Waals surface area contributed by atoms with Crippen molar-refractivity contribution in [2.24, 2.45) is 0 Å². The summed E-state index contributed by atoms with van der Waals surface area (Å²) in [6, 6.07) is 9.15. The second kappa shape index (κ2) is 9.03. The lowest BCUT2D eigenvalue weighted by Crippen LogP contribution is -2.49. The molecule has 2 amide bonds. The predicted octanol–water partition coefficient (Wildman–Crippen LogP) is 3.11. The van der Waals surface area contributed by atoms with Crippen LogP contribution in [0.2, 0.25) is 0 Å². The van der Waals surface area contributed by atoms with Crippen LogP contribution < -0.4 is 5.32 Å². The Morgan fingerprint density at radius 3 is 2.58 bits per heavy atom. The van der Waals surface area contributed by atoms with Crippen LogP contribution in [0.3, 0.4) is 0 Å². The average Bonchev–Trinajstić information content (AvgIpc) is 3.05. The van der Waals surface area contributed by atoms with Gasteiger partial charge in [0, 0.05) is 19.7 Å². The van der Waals surface area contributed by atoms with Crippen LogP contribution in [0.25, 0.3) is 0 Å². The van der Waals surface area contributed by atoms with Crippen molar-refractivity contribution in [1.29, 1.82) is 0 Å². The minimum Gasteiger partial charge on any atom is -0.444 e. The molecule has 1 aromatic rings. The molecule has 2 rings (SSSR count). The van der Waals surface area contributed by atoms with Gasteiger partial charge in [-0.1, -0.05) is 30.3 Å². The summed E-state index contributed by atoms with van der Waals surface area (Å²) in [5, 5.41) is 2.63. The van der Waals surface area contributed by atoms with Crippen LogP contribution in [0, 0.1) is 0 Å². The third-order valence-corrected chi connectivity index (χ3v) is 4.08. The largest absolute Gasteiger partial charge is 0.444 e. The lowest BCUT2D eigenvalue weighted by atomic mass is 10.1. The molecule has 1 heterocycles. The molecular weight excluding hydrogens is 332 g/mol. The van der Waals surface area contributed by atoms with Crippen molar-refractivity contribution >= 4 is 12.0 Å². The molecule has 1 aliphatic heterocycles. The Kier molecular flexibility index (Phi) is 7.03. The van der Waals surface area contributed by atoms with Crippen molar-refractivity contribution in [2.45, 2.75) is 64.8 Å². The Balaban J connectivity index is 2.02. The first-order valence-electron chi connectivity index (χ1n) is 9.18. The smallest absolute Gasteiger partial charge is 0.408 e. The first-order valence-corrected chi connectivity index (χ1v) is 9.18. The molecule has 2 atom stereocenters. The number of carbonyl (C=O) groups excluding carboxylic acids is 2. The molecule has 0 radical (unpaired) electrons. The number of ether oxygens (including phenoxy) is 2. The van der Waals surface area contributed by atoms with E-state index in [0.717, 1.165) is 25.0 Å². The van der Waals surface area contributed by atoms with Crippen molar-refractivity contribution in [3.63, 3.8) is 0 Å². The van der Waals surface area contributed by atoms with Gasteiger partial charge in [0.25, 0.3) is 0 Å². The van der Waals surface area contributed by atoms with Gasteiger partial charge in [-0.15, -0.1) is 0 Å². The molecule has 1 saturated heterocycles. The number of hydrogen-bond donors (Lipinski definition) is 1. The number of nitrogens with one attached hydrogen (secondary N) is 1. The highest BCUT2D eigenvalue weighted by Gasteiger charge is 2.28. The monoisotopic (exact) mass is 362 g/mol. The summed E-state index contributed by atoms with van der Waals surface area (Å²) in [5.74, 6) is -0.143. The van der Waals surface area contributed by atoms with Gasteiger partial charge in [0.2, 0.25) is 5.91 Å². The van der Waals surface area contributed by atoms with Crippen molar-refractivity contribution in [3.8, 4) is 0 Å². The highest BCUT2D eigenvalue weighted by Crippen LogP contribution is 2.16. The van der Waals surface area contributed by atoms with Gasteiger partial charge < -0.3 is 19.7 Å².